The molecule has 1 heteroatoms. The van der Waals surface area contributed by atoms with Crippen LogP contribution in [0, 0.1) is 11.3 Å². The lowest BCUT2D eigenvalue weighted by Crippen LogP contribution is -2.43. The van der Waals surface area contributed by atoms with Crippen molar-refractivity contribution in [3.05, 3.63) is 0 Å². The van der Waals surface area contributed by atoms with Crippen LogP contribution >= 0.6 is 0 Å². The van der Waals surface area contributed by atoms with Crippen LogP contribution in [0.4, 0.5) is 0 Å². The van der Waals surface area contributed by atoms with Crippen molar-refractivity contribution in [1.82, 2.24) is 4.90 Å². The summed E-state index contributed by atoms with van der Waals surface area (Å²) in [5.41, 5.74) is 0.482. The Labute approximate surface area is 83.5 Å². The van der Waals surface area contributed by atoms with E-state index >= 15 is 0 Å². The van der Waals surface area contributed by atoms with E-state index in [4.69, 9.17) is 0 Å². The normalized spacial score (nSPS) is 30.9. The van der Waals surface area contributed by atoms with E-state index in [1.807, 2.05) is 0 Å². The third-order valence-electron chi connectivity index (χ3n) is 3.51. The second kappa shape index (κ2) is 4.00. The van der Waals surface area contributed by atoms with Gasteiger partial charge in [0.25, 0.3) is 0 Å². The van der Waals surface area contributed by atoms with Crippen LogP contribution in [0.1, 0.15) is 46.5 Å². The highest BCUT2D eigenvalue weighted by Crippen LogP contribution is 2.39. The maximum Gasteiger partial charge on any atom is 0.0122 e. The molecule has 0 heterocycles. The standard InChI is InChI=1S/C12H25N/c1-12(2,3)10-8-6-7-9-11(10)13(4)5/h10-11H,6-9H2,1-5H3/t10-,11-/m0/s1. The number of hydrogen-bond acceptors (Lipinski definition) is 1. The Morgan fingerprint density at radius 3 is 1.92 bits per heavy atom. The van der Waals surface area contributed by atoms with Crippen LogP contribution in [-0.4, -0.2) is 25.0 Å². The highest BCUT2D eigenvalue weighted by molar-refractivity contribution is 4.87. The lowest BCUT2D eigenvalue weighted by molar-refractivity contribution is 0.0713. The summed E-state index contributed by atoms with van der Waals surface area (Å²) in [4.78, 5) is 2.43. The number of nitrogens with zero attached hydrogens (tertiary/aromatic N) is 1. The first-order valence-electron chi connectivity index (χ1n) is 5.59. The van der Waals surface area contributed by atoms with Crippen molar-refractivity contribution in [1.29, 1.82) is 0 Å². The van der Waals surface area contributed by atoms with Gasteiger partial charge in [-0.15, -0.1) is 0 Å². The van der Waals surface area contributed by atoms with Crippen molar-refractivity contribution in [3.8, 4) is 0 Å². The van der Waals surface area contributed by atoms with Crippen molar-refractivity contribution in [3.63, 3.8) is 0 Å². The van der Waals surface area contributed by atoms with E-state index in [-0.39, 0.29) is 0 Å². The second-order valence-electron chi connectivity index (χ2n) is 5.79. The average Bonchev–Trinajstić information content (AvgIpc) is 2.03. The van der Waals surface area contributed by atoms with Gasteiger partial charge in [-0.2, -0.15) is 0 Å². The van der Waals surface area contributed by atoms with Crippen LogP contribution in [-0.2, 0) is 0 Å². The molecule has 0 aliphatic heterocycles. The molecule has 0 aromatic carbocycles. The summed E-state index contributed by atoms with van der Waals surface area (Å²) < 4.78 is 0. The summed E-state index contributed by atoms with van der Waals surface area (Å²) in [6, 6.07) is 0.814. The van der Waals surface area contributed by atoms with Crippen molar-refractivity contribution in [2.24, 2.45) is 11.3 Å². The Balaban J connectivity index is 2.67. The van der Waals surface area contributed by atoms with E-state index in [9.17, 15) is 0 Å². The molecule has 0 radical (unpaired) electrons. The van der Waals surface area contributed by atoms with Crippen LogP contribution in [0.25, 0.3) is 0 Å². The monoisotopic (exact) mass is 183 g/mol. The summed E-state index contributed by atoms with van der Waals surface area (Å²) in [6.07, 6.45) is 5.68. The molecule has 0 unspecified atom stereocenters. The second-order valence-corrected chi connectivity index (χ2v) is 5.79. The molecule has 0 amide bonds. The van der Waals surface area contributed by atoms with Gasteiger partial charge < -0.3 is 4.90 Å². The summed E-state index contributed by atoms with van der Waals surface area (Å²) in [5.74, 6) is 0.885. The molecule has 0 N–H and O–H groups in total. The Morgan fingerprint density at radius 2 is 1.54 bits per heavy atom. The molecule has 0 aromatic heterocycles. The van der Waals surface area contributed by atoms with Gasteiger partial charge in [0, 0.05) is 6.04 Å². The lowest BCUT2D eigenvalue weighted by Gasteiger charge is -2.43. The van der Waals surface area contributed by atoms with Gasteiger partial charge in [-0.3, -0.25) is 0 Å². The minimum absolute atomic E-state index is 0.482. The lowest BCUT2D eigenvalue weighted by atomic mass is 9.69. The fraction of sp³-hybridized carbons (Fsp3) is 1.00. The van der Waals surface area contributed by atoms with Crippen molar-refractivity contribution in [2.75, 3.05) is 14.1 Å². The molecule has 13 heavy (non-hydrogen) atoms. The maximum atomic E-state index is 2.43. The fourth-order valence-corrected chi connectivity index (χ4v) is 2.74. The van der Waals surface area contributed by atoms with Crippen molar-refractivity contribution >= 4 is 0 Å². The molecule has 0 bridgehead atoms. The van der Waals surface area contributed by atoms with Crippen LogP contribution in [0.5, 0.6) is 0 Å². The van der Waals surface area contributed by atoms with Gasteiger partial charge in [0.15, 0.2) is 0 Å². The third-order valence-corrected chi connectivity index (χ3v) is 3.51. The SMILES string of the molecule is CN(C)[C@H]1CCCC[C@@H]1C(C)(C)C. The van der Waals surface area contributed by atoms with Gasteiger partial charge in [-0.05, 0) is 38.3 Å². The van der Waals surface area contributed by atoms with Crippen LogP contribution in [0.3, 0.4) is 0 Å². The van der Waals surface area contributed by atoms with E-state index in [1.54, 1.807) is 0 Å². The fourth-order valence-electron chi connectivity index (χ4n) is 2.74. The summed E-state index contributed by atoms with van der Waals surface area (Å²) >= 11 is 0. The quantitative estimate of drug-likeness (QED) is 0.603. The Morgan fingerprint density at radius 1 is 1.00 bits per heavy atom. The smallest absolute Gasteiger partial charge is 0.0122 e. The minimum Gasteiger partial charge on any atom is -0.306 e. The molecule has 1 fully saturated rings. The zero-order chi connectivity index (χ0) is 10.1. The first-order valence-corrected chi connectivity index (χ1v) is 5.59. The van der Waals surface area contributed by atoms with Gasteiger partial charge >= 0.3 is 0 Å². The molecule has 1 aliphatic rings. The summed E-state index contributed by atoms with van der Waals surface area (Å²) in [7, 11) is 4.46. The number of hydrogen-bond donors (Lipinski definition) is 0. The van der Waals surface area contributed by atoms with Gasteiger partial charge in [-0.25, -0.2) is 0 Å². The highest BCUT2D eigenvalue weighted by atomic mass is 15.1. The first kappa shape index (κ1) is 11.0. The van der Waals surface area contributed by atoms with Crippen molar-refractivity contribution < 1.29 is 0 Å². The van der Waals surface area contributed by atoms with Crippen LogP contribution < -0.4 is 0 Å². The Hall–Kier alpha value is -0.0400. The van der Waals surface area contributed by atoms with E-state index < -0.39 is 0 Å². The molecule has 0 aromatic rings. The van der Waals surface area contributed by atoms with Crippen molar-refractivity contribution in [2.45, 2.75) is 52.5 Å². The van der Waals surface area contributed by atoms with E-state index in [0.717, 1.165) is 12.0 Å². The predicted octanol–water partition coefficient (Wildman–Crippen LogP) is 3.15. The number of rotatable bonds is 1. The Kier molecular flexibility index (Phi) is 3.39. The molecule has 2 atom stereocenters. The average molecular weight is 183 g/mol. The van der Waals surface area contributed by atoms with Gasteiger partial charge in [0.2, 0.25) is 0 Å². The molecular formula is C12H25N. The summed E-state index contributed by atoms with van der Waals surface area (Å²) in [6.45, 7) is 7.17. The topological polar surface area (TPSA) is 3.24 Å². The zero-order valence-corrected chi connectivity index (χ0v) is 9.93. The summed E-state index contributed by atoms with van der Waals surface area (Å²) in [5, 5.41) is 0. The van der Waals surface area contributed by atoms with E-state index in [1.165, 1.54) is 25.7 Å². The minimum atomic E-state index is 0.482. The largest absolute Gasteiger partial charge is 0.306 e. The van der Waals surface area contributed by atoms with Gasteiger partial charge in [0.05, 0.1) is 0 Å². The molecule has 1 nitrogen and oxygen atoms in total. The maximum absolute atomic E-state index is 2.43. The molecule has 0 saturated heterocycles. The zero-order valence-electron chi connectivity index (χ0n) is 9.93. The third kappa shape index (κ3) is 2.70. The van der Waals surface area contributed by atoms with E-state index in [2.05, 4.69) is 39.8 Å². The highest BCUT2D eigenvalue weighted by Gasteiger charge is 2.34. The van der Waals surface area contributed by atoms with Crippen LogP contribution in [0.15, 0.2) is 0 Å². The van der Waals surface area contributed by atoms with Crippen LogP contribution in [0.2, 0.25) is 0 Å². The first-order chi connectivity index (χ1) is 5.93. The van der Waals surface area contributed by atoms with E-state index in [0.29, 0.717) is 5.41 Å². The Bertz CT molecular complexity index is 155. The molecule has 1 aliphatic carbocycles. The van der Waals surface area contributed by atoms with Gasteiger partial charge in [-0.1, -0.05) is 33.6 Å². The van der Waals surface area contributed by atoms with Gasteiger partial charge in [0.1, 0.15) is 0 Å². The molecule has 0 spiro atoms. The molecule has 1 saturated carbocycles. The predicted molar refractivity (Wildman–Crippen MR) is 58.9 cm³/mol. The molecule has 78 valence electrons. The molecular weight excluding hydrogens is 158 g/mol. The molecule has 1 rings (SSSR count).